The largest absolute Gasteiger partial charge is 0.473 e. The van der Waals surface area contributed by atoms with E-state index in [0.717, 1.165) is 19.3 Å². The number of fused-ring (bicyclic) bond motifs is 1. The molecule has 1 aliphatic carbocycles. The van der Waals surface area contributed by atoms with E-state index in [1.54, 1.807) is 30.5 Å². The van der Waals surface area contributed by atoms with Gasteiger partial charge in [0.2, 0.25) is 21.8 Å². The fourth-order valence-electron chi connectivity index (χ4n) is 4.29. The van der Waals surface area contributed by atoms with Crippen molar-refractivity contribution < 1.29 is 26.4 Å². The summed E-state index contributed by atoms with van der Waals surface area (Å²) in [5.74, 6) is -0.487. The van der Waals surface area contributed by atoms with Crippen LogP contribution in [0.25, 0.3) is 11.5 Å². The summed E-state index contributed by atoms with van der Waals surface area (Å²) in [7, 11) is -3.82. The summed E-state index contributed by atoms with van der Waals surface area (Å²) < 4.78 is 65.0. The number of rotatable bonds is 5. The summed E-state index contributed by atoms with van der Waals surface area (Å²) in [6, 6.07) is 9.70. The molecule has 5 rings (SSSR count). The van der Waals surface area contributed by atoms with Gasteiger partial charge in [0.05, 0.1) is 10.9 Å². The number of benzene rings is 1. The standard InChI is InChI=1S/C21H20F2N4O4S/c22-19(23)21-26-25-20(31-21)13-8-9-14-12-27(32(28,29)17(14)11-13)15-5-1-2-6-16(15)30-18-7-3-4-10-24-18/h3-4,7-11,15-16,19H,1-2,5-6,12H2/t15-,16-/m1/s1. The molecule has 1 aliphatic heterocycles. The highest BCUT2D eigenvalue weighted by Crippen LogP contribution is 2.39. The number of sulfonamides is 1. The molecule has 168 valence electrons. The lowest BCUT2D eigenvalue weighted by Crippen LogP contribution is -2.48. The van der Waals surface area contributed by atoms with Crippen LogP contribution >= 0.6 is 0 Å². The first-order valence-electron chi connectivity index (χ1n) is 10.3. The molecule has 1 aromatic carbocycles. The summed E-state index contributed by atoms with van der Waals surface area (Å²) >= 11 is 0. The van der Waals surface area contributed by atoms with E-state index in [4.69, 9.17) is 9.15 Å². The average molecular weight is 462 g/mol. The van der Waals surface area contributed by atoms with Crippen LogP contribution in [0.2, 0.25) is 0 Å². The first kappa shape index (κ1) is 21.0. The van der Waals surface area contributed by atoms with Crippen molar-refractivity contribution in [2.24, 2.45) is 0 Å². The van der Waals surface area contributed by atoms with Crippen molar-refractivity contribution in [3.8, 4) is 17.3 Å². The lowest BCUT2D eigenvalue weighted by atomic mass is 9.92. The number of aromatic nitrogens is 3. The van der Waals surface area contributed by atoms with Crippen LogP contribution in [0.15, 0.2) is 51.9 Å². The van der Waals surface area contributed by atoms with E-state index >= 15 is 0 Å². The van der Waals surface area contributed by atoms with Gasteiger partial charge in [-0.2, -0.15) is 13.1 Å². The summed E-state index contributed by atoms with van der Waals surface area (Å²) in [5, 5.41) is 6.93. The second-order valence-corrected chi connectivity index (χ2v) is 9.65. The van der Waals surface area contributed by atoms with E-state index in [2.05, 4.69) is 15.2 Å². The van der Waals surface area contributed by atoms with Crippen molar-refractivity contribution in [3.63, 3.8) is 0 Å². The third-order valence-electron chi connectivity index (χ3n) is 5.80. The van der Waals surface area contributed by atoms with Crippen LogP contribution in [0, 0.1) is 0 Å². The minimum atomic E-state index is -3.82. The number of pyridine rings is 1. The van der Waals surface area contributed by atoms with E-state index in [0.29, 0.717) is 17.9 Å². The molecule has 1 fully saturated rings. The lowest BCUT2D eigenvalue weighted by molar-refractivity contribution is 0.0711. The predicted molar refractivity (Wildman–Crippen MR) is 108 cm³/mol. The molecule has 0 spiro atoms. The number of alkyl halides is 2. The van der Waals surface area contributed by atoms with Crippen molar-refractivity contribution in [1.82, 2.24) is 19.5 Å². The molecule has 0 N–H and O–H groups in total. The Morgan fingerprint density at radius 2 is 1.97 bits per heavy atom. The first-order chi connectivity index (χ1) is 15.4. The molecule has 1 saturated carbocycles. The summed E-state index contributed by atoms with van der Waals surface area (Å²) in [6.07, 6.45) is 1.68. The molecular formula is C21H20F2N4O4S. The molecule has 3 heterocycles. The van der Waals surface area contributed by atoms with Gasteiger partial charge in [-0.25, -0.2) is 13.4 Å². The van der Waals surface area contributed by atoms with Gasteiger partial charge in [-0.05, 0) is 43.0 Å². The summed E-state index contributed by atoms with van der Waals surface area (Å²) in [4.78, 5) is 4.32. The molecule has 8 nitrogen and oxygen atoms in total. The second-order valence-electron chi connectivity index (χ2n) is 7.79. The number of hydrogen-bond donors (Lipinski definition) is 0. The Morgan fingerprint density at radius 1 is 1.12 bits per heavy atom. The number of nitrogens with zero attached hydrogens (tertiary/aromatic N) is 4. The monoisotopic (exact) mass is 462 g/mol. The maximum absolute atomic E-state index is 13.4. The highest BCUT2D eigenvalue weighted by molar-refractivity contribution is 7.89. The fourth-order valence-corrected chi connectivity index (χ4v) is 6.19. The lowest BCUT2D eigenvalue weighted by Gasteiger charge is -2.36. The molecule has 0 saturated heterocycles. The number of ether oxygens (including phenoxy) is 1. The van der Waals surface area contributed by atoms with Crippen molar-refractivity contribution in [3.05, 3.63) is 54.0 Å². The van der Waals surface area contributed by atoms with Gasteiger partial charge in [0.1, 0.15) is 6.10 Å². The number of halogens is 2. The molecule has 0 radical (unpaired) electrons. The molecule has 11 heteroatoms. The Balaban J connectivity index is 1.43. The maximum atomic E-state index is 13.4. The molecular weight excluding hydrogens is 442 g/mol. The van der Waals surface area contributed by atoms with Crippen LogP contribution in [-0.4, -0.2) is 40.1 Å². The first-order valence-corrected chi connectivity index (χ1v) is 11.7. The molecule has 0 bridgehead atoms. The minimum absolute atomic E-state index is 0.119. The molecule has 32 heavy (non-hydrogen) atoms. The quantitative estimate of drug-likeness (QED) is 0.566. The number of hydrogen-bond acceptors (Lipinski definition) is 7. The molecule has 2 aliphatic rings. The maximum Gasteiger partial charge on any atom is 0.314 e. The van der Waals surface area contributed by atoms with Gasteiger partial charge in [-0.15, -0.1) is 10.2 Å². The Kier molecular flexibility index (Phi) is 5.38. The van der Waals surface area contributed by atoms with Gasteiger partial charge >= 0.3 is 6.43 Å². The SMILES string of the molecule is O=S1(=O)c2cc(-c3nnc(C(F)F)o3)ccc2CN1[C@@H]1CCCC[C@H]1Oc1ccccn1. The average Bonchev–Trinajstić information content (AvgIpc) is 3.38. The molecule has 2 atom stereocenters. The van der Waals surface area contributed by atoms with Gasteiger partial charge in [0, 0.05) is 24.4 Å². The third-order valence-corrected chi connectivity index (χ3v) is 7.75. The predicted octanol–water partition coefficient (Wildman–Crippen LogP) is 3.96. The zero-order valence-corrected chi connectivity index (χ0v) is 17.7. The van der Waals surface area contributed by atoms with Crippen LogP contribution < -0.4 is 4.74 Å². The Morgan fingerprint density at radius 3 is 2.72 bits per heavy atom. The van der Waals surface area contributed by atoms with E-state index < -0.39 is 22.3 Å². The summed E-state index contributed by atoms with van der Waals surface area (Å²) in [6.45, 7) is 0.219. The fraction of sp³-hybridized carbons (Fsp3) is 0.381. The highest BCUT2D eigenvalue weighted by Gasteiger charge is 2.44. The van der Waals surface area contributed by atoms with Crippen molar-refractivity contribution in [2.45, 2.75) is 55.7 Å². The van der Waals surface area contributed by atoms with Gasteiger partial charge in [0.25, 0.3) is 5.89 Å². The molecule has 0 unspecified atom stereocenters. The van der Waals surface area contributed by atoms with Gasteiger partial charge in [-0.1, -0.05) is 18.6 Å². The molecule has 3 aromatic rings. The van der Waals surface area contributed by atoms with E-state index in [-0.39, 0.29) is 35.0 Å². The van der Waals surface area contributed by atoms with Crippen molar-refractivity contribution >= 4 is 10.0 Å². The van der Waals surface area contributed by atoms with Crippen LogP contribution in [0.5, 0.6) is 5.88 Å². The Labute approximate surface area is 183 Å². The third kappa shape index (κ3) is 3.75. The van der Waals surface area contributed by atoms with Gasteiger partial charge in [-0.3, -0.25) is 0 Å². The minimum Gasteiger partial charge on any atom is -0.473 e. The summed E-state index contributed by atoms with van der Waals surface area (Å²) in [5.41, 5.74) is 0.906. The molecule has 2 aromatic heterocycles. The van der Waals surface area contributed by atoms with Crippen molar-refractivity contribution in [2.75, 3.05) is 0 Å². The van der Waals surface area contributed by atoms with Gasteiger partial charge < -0.3 is 9.15 Å². The van der Waals surface area contributed by atoms with Crippen LogP contribution in [-0.2, 0) is 16.6 Å². The van der Waals surface area contributed by atoms with Crippen LogP contribution in [0.4, 0.5) is 8.78 Å². The smallest absolute Gasteiger partial charge is 0.314 e. The van der Waals surface area contributed by atoms with E-state index in [1.165, 1.54) is 10.4 Å². The van der Waals surface area contributed by atoms with Gasteiger partial charge in [0.15, 0.2) is 0 Å². The van der Waals surface area contributed by atoms with Crippen molar-refractivity contribution in [1.29, 1.82) is 0 Å². The van der Waals surface area contributed by atoms with E-state index in [9.17, 15) is 17.2 Å². The van der Waals surface area contributed by atoms with Crippen LogP contribution in [0.1, 0.15) is 43.6 Å². The van der Waals surface area contributed by atoms with E-state index in [1.807, 2.05) is 6.07 Å². The van der Waals surface area contributed by atoms with Crippen LogP contribution in [0.3, 0.4) is 0 Å². The zero-order valence-electron chi connectivity index (χ0n) is 16.9. The Bertz CT molecular complexity index is 1220. The topological polar surface area (TPSA) is 98.4 Å². The zero-order chi connectivity index (χ0) is 22.3. The Hall–Kier alpha value is -2.92. The second kappa shape index (κ2) is 8.21. The molecule has 0 amide bonds. The normalized spacial score (nSPS) is 22.7. The highest BCUT2D eigenvalue weighted by atomic mass is 32.2.